The fraction of sp³-hybridized carbons (Fsp3) is 0.267. The highest BCUT2D eigenvalue weighted by molar-refractivity contribution is 8.26. The molecule has 0 aliphatic carbocycles. The van der Waals surface area contributed by atoms with Gasteiger partial charge in [-0.15, -0.1) is 11.3 Å². The van der Waals surface area contributed by atoms with E-state index in [1.807, 2.05) is 0 Å². The van der Waals surface area contributed by atoms with Crippen LogP contribution < -0.4 is 5.32 Å². The van der Waals surface area contributed by atoms with Gasteiger partial charge in [0.25, 0.3) is 5.91 Å². The number of alkyl halides is 6. The Hall–Kier alpha value is -3.69. The summed E-state index contributed by atoms with van der Waals surface area (Å²) in [5.41, 5.74) is -2.93. The van der Waals surface area contributed by atoms with Gasteiger partial charge in [0.05, 0.1) is 21.6 Å². The first-order valence-electron chi connectivity index (χ1n) is 13.1. The second-order valence-electron chi connectivity index (χ2n) is 10.7. The van der Waals surface area contributed by atoms with E-state index in [1.165, 1.54) is 46.7 Å². The highest BCUT2D eigenvalue weighted by Crippen LogP contribution is 2.40. The molecule has 45 heavy (non-hydrogen) atoms. The Morgan fingerprint density at radius 3 is 2.09 bits per heavy atom. The number of benzene rings is 2. The van der Waals surface area contributed by atoms with Crippen molar-refractivity contribution < 1.29 is 45.5 Å². The van der Waals surface area contributed by atoms with Gasteiger partial charge in [-0.2, -0.15) is 26.3 Å². The third-order valence-corrected chi connectivity index (χ3v) is 8.31. The summed E-state index contributed by atoms with van der Waals surface area (Å²) in [5, 5.41) is 4.07. The first-order chi connectivity index (χ1) is 20.8. The van der Waals surface area contributed by atoms with Crippen LogP contribution in [0, 0.1) is 0 Å². The predicted octanol–water partition coefficient (Wildman–Crippen LogP) is 8.64. The molecule has 0 unspecified atom stereocenters. The molecule has 2 aromatic carbocycles. The zero-order valence-electron chi connectivity index (χ0n) is 23.8. The number of hydrogen-bond donors (Lipinski definition) is 1. The molecule has 6 nitrogen and oxygen atoms in total. The number of anilines is 1. The second-order valence-corrected chi connectivity index (χ2v) is 13.4. The van der Waals surface area contributed by atoms with Crippen LogP contribution in [0.4, 0.5) is 32.0 Å². The molecule has 3 aromatic rings. The number of carbonyl (C=O) groups excluding carboxylic acids is 3. The number of hydrogen-bond acceptors (Lipinski definition) is 7. The largest absolute Gasteiger partial charge is 0.456 e. The van der Waals surface area contributed by atoms with Crippen molar-refractivity contribution in [2.45, 2.75) is 45.1 Å². The van der Waals surface area contributed by atoms with Crippen LogP contribution in [-0.4, -0.2) is 39.1 Å². The van der Waals surface area contributed by atoms with Crippen molar-refractivity contribution in [1.29, 1.82) is 0 Å². The normalized spacial score (nSPS) is 15.1. The van der Waals surface area contributed by atoms with Crippen molar-refractivity contribution in [3.63, 3.8) is 0 Å². The summed E-state index contributed by atoms with van der Waals surface area (Å²) in [6, 6.07) is 8.82. The summed E-state index contributed by atoms with van der Waals surface area (Å²) in [7, 11) is 0. The van der Waals surface area contributed by atoms with Crippen molar-refractivity contribution in [2.75, 3.05) is 11.9 Å². The Morgan fingerprint density at radius 2 is 1.53 bits per heavy atom. The molecular weight excluding hydrogens is 663 g/mol. The SMILES string of the molecule is CC(C)(C)OC(=O)c1ccc(NC(=O)CCN2C(=O)C(=Cc3cc(-c4cc(C(F)(F)F)cc(C(F)(F)F)c4)cs3)SC2=S)cc1. The first-order valence-corrected chi connectivity index (χ1v) is 15.2. The molecule has 0 radical (unpaired) electrons. The van der Waals surface area contributed by atoms with Gasteiger partial charge in [-0.05, 0) is 91.9 Å². The molecule has 0 saturated carbocycles. The van der Waals surface area contributed by atoms with E-state index in [0.29, 0.717) is 28.3 Å². The lowest BCUT2D eigenvalue weighted by Crippen LogP contribution is -2.31. The minimum atomic E-state index is -4.98. The van der Waals surface area contributed by atoms with Crippen molar-refractivity contribution in [1.82, 2.24) is 4.90 Å². The molecule has 1 aliphatic heterocycles. The number of nitrogens with zero attached hydrogens (tertiary/aromatic N) is 1. The van der Waals surface area contributed by atoms with Crippen LogP contribution in [0.25, 0.3) is 17.2 Å². The van der Waals surface area contributed by atoms with Gasteiger partial charge in [0.1, 0.15) is 9.92 Å². The molecule has 1 aromatic heterocycles. The fourth-order valence-electron chi connectivity index (χ4n) is 3.99. The molecule has 4 rings (SSSR count). The van der Waals surface area contributed by atoms with Gasteiger partial charge in [-0.3, -0.25) is 14.5 Å². The van der Waals surface area contributed by atoms with E-state index in [1.54, 1.807) is 20.8 Å². The molecular formula is C30H24F6N2O4S3. The van der Waals surface area contributed by atoms with Gasteiger partial charge in [0.15, 0.2) is 0 Å². The van der Waals surface area contributed by atoms with E-state index in [9.17, 15) is 40.7 Å². The van der Waals surface area contributed by atoms with Crippen LogP contribution in [0.2, 0.25) is 0 Å². The number of thiophene rings is 1. The molecule has 1 saturated heterocycles. The van der Waals surface area contributed by atoms with Crippen LogP contribution >= 0.6 is 35.3 Å². The predicted molar refractivity (Wildman–Crippen MR) is 164 cm³/mol. The second kappa shape index (κ2) is 13.0. The summed E-state index contributed by atoms with van der Waals surface area (Å²) in [4.78, 5) is 39.5. The summed E-state index contributed by atoms with van der Waals surface area (Å²) < 4.78 is 85.2. The smallest absolute Gasteiger partial charge is 0.416 e. The molecule has 2 heterocycles. The number of thiocarbonyl (C=S) groups is 1. The highest BCUT2D eigenvalue weighted by Gasteiger charge is 2.37. The summed E-state index contributed by atoms with van der Waals surface area (Å²) in [6.45, 7) is 5.20. The molecule has 2 amide bonds. The number of nitrogens with one attached hydrogen (secondary N) is 1. The third kappa shape index (κ3) is 8.95. The summed E-state index contributed by atoms with van der Waals surface area (Å²) >= 11 is 7.28. The molecule has 1 N–H and O–H groups in total. The Bertz CT molecular complexity index is 1640. The standard InChI is InChI=1S/C30H24F6N2O4S3/c1-28(2,3)42-26(41)16-4-6-21(7-5-16)37-24(39)8-9-38-25(40)23(45-27(38)43)14-22-12-18(15-44-22)17-10-19(29(31,32)33)13-20(11-17)30(34,35)36/h4-7,10-15H,8-9H2,1-3H3,(H,37,39). The number of ether oxygens (including phenoxy) is 1. The van der Waals surface area contributed by atoms with E-state index in [0.717, 1.165) is 23.1 Å². The van der Waals surface area contributed by atoms with Crippen LogP contribution in [0.1, 0.15) is 53.6 Å². The van der Waals surface area contributed by atoms with Crippen molar-refractivity contribution in [3.8, 4) is 11.1 Å². The lowest BCUT2D eigenvalue weighted by atomic mass is 10.0. The maximum Gasteiger partial charge on any atom is 0.416 e. The van der Waals surface area contributed by atoms with Crippen LogP contribution in [0.5, 0.6) is 0 Å². The van der Waals surface area contributed by atoms with E-state index in [-0.39, 0.29) is 39.4 Å². The number of esters is 1. The van der Waals surface area contributed by atoms with Gasteiger partial charge in [0.2, 0.25) is 5.91 Å². The third-order valence-electron chi connectivity index (χ3n) is 6.05. The van der Waals surface area contributed by atoms with Gasteiger partial charge in [-0.25, -0.2) is 4.79 Å². The van der Waals surface area contributed by atoms with Crippen LogP contribution in [0.15, 0.2) is 58.8 Å². The topological polar surface area (TPSA) is 75.7 Å². The minimum absolute atomic E-state index is 0.0377. The number of amides is 2. The van der Waals surface area contributed by atoms with Crippen molar-refractivity contribution in [2.24, 2.45) is 0 Å². The molecule has 238 valence electrons. The van der Waals surface area contributed by atoms with Crippen LogP contribution in [0.3, 0.4) is 0 Å². The fourth-order valence-corrected chi connectivity index (χ4v) is 6.21. The zero-order valence-corrected chi connectivity index (χ0v) is 26.2. The molecule has 1 fully saturated rings. The summed E-state index contributed by atoms with van der Waals surface area (Å²) in [6.07, 6.45) is -8.62. The Kier molecular flexibility index (Phi) is 9.85. The van der Waals surface area contributed by atoms with Gasteiger partial charge in [0, 0.05) is 23.5 Å². The van der Waals surface area contributed by atoms with E-state index in [4.69, 9.17) is 17.0 Å². The molecule has 1 aliphatic rings. The molecule has 0 atom stereocenters. The zero-order chi connectivity index (χ0) is 33.3. The number of thioether (sulfide) groups is 1. The van der Waals surface area contributed by atoms with E-state index < -0.39 is 46.9 Å². The van der Waals surface area contributed by atoms with E-state index >= 15 is 0 Å². The van der Waals surface area contributed by atoms with Gasteiger partial charge in [-0.1, -0.05) is 24.0 Å². The lowest BCUT2D eigenvalue weighted by Gasteiger charge is -2.19. The van der Waals surface area contributed by atoms with Gasteiger partial charge < -0.3 is 10.1 Å². The Morgan fingerprint density at radius 1 is 0.933 bits per heavy atom. The van der Waals surface area contributed by atoms with E-state index in [2.05, 4.69) is 5.32 Å². The average Bonchev–Trinajstić information content (AvgIpc) is 3.49. The Balaban J connectivity index is 1.40. The first kappa shape index (κ1) is 34.2. The summed E-state index contributed by atoms with van der Waals surface area (Å²) in [5.74, 6) is -1.42. The number of carbonyl (C=O) groups is 3. The maximum absolute atomic E-state index is 13.3. The monoisotopic (exact) mass is 686 g/mol. The van der Waals surface area contributed by atoms with Gasteiger partial charge >= 0.3 is 18.3 Å². The lowest BCUT2D eigenvalue weighted by molar-refractivity contribution is -0.143. The van der Waals surface area contributed by atoms with Crippen molar-refractivity contribution in [3.05, 3.63) is 80.4 Å². The average molecular weight is 687 g/mol. The number of halogens is 6. The number of rotatable bonds is 7. The highest BCUT2D eigenvalue weighted by atomic mass is 32.2. The maximum atomic E-state index is 13.3. The Labute approximate surface area is 267 Å². The molecule has 0 bridgehead atoms. The molecule has 15 heteroatoms. The molecule has 0 spiro atoms. The quantitative estimate of drug-likeness (QED) is 0.116. The van der Waals surface area contributed by atoms with Crippen LogP contribution in [-0.2, 0) is 26.7 Å². The van der Waals surface area contributed by atoms with Crippen molar-refractivity contribution >= 4 is 69.2 Å². The minimum Gasteiger partial charge on any atom is -0.456 e.